The first-order chi connectivity index (χ1) is 6.54. The largest absolute Gasteiger partial charge is 0.481 e. The molecule has 2 N–H and O–H groups in total. The fourth-order valence-electron chi connectivity index (χ4n) is 0.712. The summed E-state index contributed by atoms with van der Waals surface area (Å²) in [6.45, 7) is 4.29. The molecular formula is C9H17NO3S. The van der Waals surface area contributed by atoms with Crippen LogP contribution in [0.15, 0.2) is 0 Å². The van der Waals surface area contributed by atoms with Gasteiger partial charge in [-0.2, -0.15) is 11.8 Å². The number of carbonyl (C=O) groups is 2. The second kappa shape index (κ2) is 7.67. The van der Waals surface area contributed by atoms with Crippen molar-refractivity contribution in [3.8, 4) is 0 Å². The Morgan fingerprint density at radius 1 is 1.36 bits per heavy atom. The summed E-state index contributed by atoms with van der Waals surface area (Å²) in [6, 6.07) is 0. The van der Waals surface area contributed by atoms with Crippen LogP contribution in [-0.4, -0.2) is 35.0 Å². The first-order valence-corrected chi connectivity index (χ1v) is 5.76. The Labute approximate surface area is 88.4 Å². The Bertz CT molecular complexity index is 194. The molecule has 0 spiro atoms. The van der Waals surface area contributed by atoms with Gasteiger partial charge in [0.05, 0.1) is 6.42 Å². The van der Waals surface area contributed by atoms with E-state index in [2.05, 4.69) is 5.32 Å². The molecule has 0 aromatic rings. The summed E-state index contributed by atoms with van der Waals surface area (Å²) in [6.07, 6.45) is 0.183. The van der Waals surface area contributed by atoms with E-state index in [0.29, 0.717) is 12.3 Å². The SMILES string of the molecule is CC(C)C(=O)NCCSCCC(=O)O. The molecule has 4 nitrogen and oxygen atoms in total. The highest BCUT2D eigenvalue weighted by molar-refractivity contribution is 7.99. The number of hydrogen-bond donors (Lipinski definition) is 2. The summed E-state index contributed by atoms with van der Waals surface area (Å²) in [5, 5.41) is 11.1. The molecule has 0 aliphatic heterocycles. The molecule has 1 amide bonds. The maximum Gasteiger partial charge on any atom is 0.304 e. The monoisotopic (exact) mass is 219 g/mol. The summed E-state index contributed by atoms with van der Waals surface area (Å²) >= 11 is 1.54. The van der Waals surface area contributed by atoms with Gasteiger partial charge in [0, 0.05) is 24.0 Å². The number of carboxylic acid groups (broad SMARTS) is 1. The number of hydrogen-bond acceptors (Lipinski definition) is 3. The van der Waals surface area contributed by atoms with E-state index in [1.54, 1.807) is 0 Å². The average Bonchev–Trinajstić information content (AvgIpc) is 2.09. The molecule has 0 aromatic heterocycles. The quantitative estimate of drug-likeness (QED) is 0.626. The van der Waals surface area contributed by atoms with Crippen LogP contribution in [-0.2, 0) is 9.59 Å². The second-order valence-electron chi connectivity index (χ2n) is 3.20. The highest BCUT2D eigenvalue weighted by atomic mass is 32.2. The van der Waals surface area contributed by atoms with Gasteiger partial charge in [0.25, 0.3) is 0 Å². The smallest absolute Gasteiger partial charge is 0.304 e. The predicted molar refractivity (Wildman–Crippen MR) is 57.4 cm³/mol. The van der Waals surface area contributed by atoms with Crippen LogP contribution in [0.2, 0.25) is 0 Å². The molecule has 0 aliphatic carbocycles. The summed E-state index contributed by atoms with van der Waals surface area (Å²) < 4.78 is 0. The molecule has 0 heterocycles. The fourth-order valence-corrected chi connectivity index (χ4v) is 1.48. The zero-order valence-corrected chi connectivity index (χ0v) is 9.39. The number of carbonyl (C=O) groups excluding carboxylic acids is 1. The number of amides is 1. The Morgan fingerprint density at radius 3 is 2.50 bits per heavy atom. The lowest BCUT2D eigenvalue weighted by Crippen LogP contribution is -2.29. The van der Waals surface area contributed by atoms with Gasteiger partial charge in [-0.3, -0.25) is 9.59 Å². The molecule has 0 unspecified atom stereocenters. The molecule has 0 saturated carbocycles. The van der Waals surface area contributed by atoms with Crippen molar-refractivity contribution < 1.29 is 14.7 Å². The zero-order valence-electron chi connectivity index (χ0n) is 8.58. The lowest BCUT2D eigenvalue weighted by molar-refractivity contribution is -0.136. The highest BCUT2D eigenvalue weighted by Crippen LogP contribution is 2.01. The van der Waals surface area contributed by atoms with Crippen molar-refractivity contribution in [3.63, 3.8) is 0 Å². The third kappa shape index (κ3) is 7.91. The van der Waals surface area contributed by atoms with Crippen molar-refractivity contribution in [1.29, 1.82) is 0 Å². The number of rotatable bonds is 7. The first-order valence-electron chi connectivity index (χ1n) is 4.61. The van der Waals surface area contributed by atoms with E-state index in [4.69, 9.17) is 5.11 Å². The summed E-state index contributed by atoms with van der Waals surface area (Å²) in [5.74, 6) is 0.657. The molecule has 14 heavy (non-hydrogen) atoms. The van der Waals surface area contributed by atoms with E-state index in [-0.39, 0.29) is 18.2 Å². The van der Waals surface area contributed by atoms with E-state index in [0.717, 1.165) is 5.75 Å². The number of aliphatic carboxylic acids is 1. The van der Waals surface area contributed by atoms with Crippen molar-refractivity contribution in [2.45, 2.75) is 20.3 Å². The van der Waals surface area contributed by atoms with Gasteiger partial charge in [-0.15, -0.1) is 0 Å². The maximum atomic E-state index is 11.1. The average molecular weight is 219 g/mol. The van der Waals surface area contributed by atoms with Gasteiger partial charge in [0.1, 0.15) is 0 Å². The highest BCUT2D eigenvalue weighted by Gasteiger charge is 2.04. The zero-order chi connectivity index (χ0) is 11.0. The minimum Gasteiger partial charge on any atom is -0.481 e. The Kier molecular flexibility index (Phi) is 7.28. The molecule has 0 atom stereocenters. The summed E-state index contributed by atoms with van der Waals surface area (Å²) in [7, 11) is 0. The topological polar surface area (TPSA) is 66.4 Å². The van der Waals surface area contributed by atoms with Crippen molar-refractivity contribution in [1.82, 2.24) is 5.32 Å². The van der Waals surface area contributed by atoms with Crippen LogP contribution in [0.1, 0.15) is 20.3 Å². The normalized spacial score (nSPS) is 10.2. The minimum atomic E-state index is -0.774. The van der Waals surface area contributed by atoms with Crippen molar-refractivity contribution in [2.75, 3.05) is 18.1 Å². The lowest BCUT2D eigenvalue weighted by atomic mass is 10.2. The van der Waals surface area contributed by atoms with Crippen LogP contribution >= 0.6 is 11.8 Å². The Balaban J connectivity index is 3.22. The lowest BCUT2D eigenvalue weighted by Gasteiger charge is -2.06. The van der Waals surface area contributed by atoms with E-state index in [9.17, 15) is 9.59 Å². The third-order valence-corrected chi connectivity index (χ3v) is 2.52. The molecule has 0 radical (unpaired) electrons. The van der Waals surface area contributed by atoms with Crippen LogP contribution in [0.25, 0.3) is 0 Å². The predicted octanol–water partition coefficient (Wildman–Crippen LogP) is 0.966. The molecule has 0 rings (SSSR count). The number of thioether (sulfide) groups is 1. The van der Waals surface area contributed by atoms with Crippen molar-refractivity contribution in [2.24, 2.45) is 5.92 Å². The minimum absolute atomic E-state index is 0.0130. The van der Waals surface area contributed by atoms with Gasteiger partial charge in [0.2, 0.25) is 5.91 Å². The van der Waals surface area contributed by atoms with Gasteiger partial charge < -0.3 is 10.4 Å². The van der Waals surface area contributed by atoms with E-state index < -0.39 is 5.97 Å². The number of nitrogens with one attached hydrogen (secondary N) is 1. The molecular weight excluding hydrogens is 202 g/mol. The molecule has 0 bridgehead atoms. The summed E-state index contributed by atoms with van der Waals surface area (Å²) in [5.41, 5.74) is 0. The van der Waals surface area contributed by atoms with Crippen LogP contribution in [0.5, 0.6) is 0 Å². The van der Waals surface area contributed by atoms with Crippen LogP contribution in [0.3, 0.4) is 0 Å². The fraction of sp³-hybridized carbons (Fsp3) is 0.778. The van der Waals surface area contributed by atoms with Crippen LogP contribution < -0.4 is 5.32 Å². The molecule has 0 saturated heterocycles. The van der Waals surface area contributed by atoms with Gasteiger partial charge >= 0.3 is 5.97 Å². The molecule has 5 heteroatoms. The van der Waals surface area contributed by atoms with Gasteiger partial charge in [-0.05, 0) is 0 Å². The standard InChI is InChI=1S/C9H17NO3S/c1-7(2)9(13)10-4-6-14-5-3-8(11)12/h7H,3-6H2,1-2H3,(H,10,13)(H,11,12). The maximum absolute atomic E-state index is 11.1. The Morgan fingerprint density at radius 2 is 2.00 bits per heavy atom. The van der Waals surface area contributed by atoms with Gasteiger partial charge in [-0.1, -0.05) is 13.8 Å². The van der Waals surface area contributed by atoms with E-state index in [1.165, 1.54) is 11.8 Å². The van der Waals surface area contributed by atoms with Gasteiger partial charge in [-0.25, -0.2) is 0 Å². The second-order valence-corrected chi connectivity index (χ2v) is 4.43. The molecule has 82 valence electrons. The molecule has 0 fully saturated rings. The van der Waals surface area contributed by atoms with E-state index in [1.807, 2.05) is 13.8 Å². The van der Waals surface area contributed by atoms with Crippen molar-refractivity contribution >= 4 is 23.6 Å². The van der Waals surface area contributed by atoms with Crippen LogP contribution in [0, 0.1) is 5.92 Å². The molecule has 0 aromatic carbocycles. The molecule has 0 aliphatic rings. The Hall–Kier alpha value is -0.710. The van der Waals surface area contributed by atoms with Crippen molar-refractivity contribution in [3.05, 3.63) is 0 Å². The first kappa shape index (κ1) is 13.3. The van der Waals surface area contributed by atoms with E-state index >= 15 is 0 Å². The number of carboxylic acids is 1. The van der Waals surface area contributed by atoms with Crippen LogP contribution in [0.4, 0.5) is 0 Å². The van der Waals surface area contributed by atoms with Gasteiger partial charge in [0.15, 0.2) is 0 Å². The third-order valence-electron chi connectivity index (χ3n) is 1.53. The summed E-state index contributed by atoms with van der Waals surface area (Å²) in [4.78, 5) is 21.2.